The van der Waals surface area contributed by atoms with E-state index in [0.29, 0.717) is 13.2 Å². The van der Waals surface area contributed by atoms with Gasteiger partial charge >= 0.3 is 0 Å². The largest absolute Gasteiger partial charge is 0.377 e. The lowest BCUT2D eigenvalue weighted by atomic mass is 9.82. The van der Waals surface area contributed by atoms with Crippen LogP contribution < -0.4 is 0 Å². The van der Waals surface area contributed by atoms with Crippen LogP contribution >= 0.6 is 0 Å². The number of ether oxygens (including phenoxy) is 2. The van der Waals surface area contributed by atoms with E-state index in [1.54, 1.807) is 0 Å². The molecule has 0 saturated heterocycles. The van der Waals surface area contributed by atoms with Gasteiger partial charge in [-0.15, -0.1) is 0 Å². The molecule has 120 valence electrons. The minimum atomic E-state index is -0.948. The number of hydrogen-bond donors (Lipinski definition) is 1. The monoisotopic (exact) mass is 294 g/mol. The van der Waals surface area contributed by atoms with Crippen LogP contribution in [-0.4, -0.2) is 17.3 Å². The summed E-state index contributed by atoms with van der Waals surface area (Å²) in [5, 5.41) is 10.6. The predicted molar refractivity (Wildman–Crippen MR) is 86.3 cm³/mol. The maximum absolute atomic E-state index is 10.6. The molecule has 1 aromatic rings. The summed E-state index contributed by atoms with van der Waals surface area (Å²) < 4.78 is 11.3. The van der Waals surface area contributed by atoms with Gasteiger partial charge in [-0.25, -0.2) is 0 Å². The van der Waals surface area contributed by atoms with E-state index in [2.05, 4.69) is 26.8 Å². The summed E-state index contributed by atoms with van der Waals surface area (Å²) in [5.74, 6) is 0. The highest BCUT2D eigenvalue weighted by Crippen LogP contribution is 2.34. The maximum atomic E-state index is 10.6. The first-order valence-corrected chi connectivity index (χ1v) is 7.62. The molecular weight excluding hydrogens is 264 g/mol. The molecule has 1 unspecified atom stereocenters. The van der Waals surface area contributed by atoms with E-state index in [9.17, 15) is 5.11 Å². The summed E-state index contributed by atoms with van der Waals surface area (Å²) in [6.07, 6.45) is -0.948. The fourth-order valence-corrected chi connectivity index (χ4v) is 2.29. The van der Waals surface area contributed by atoms with Crippen molar-refractivity contribution in [3.8, 4) is 0 Å². The molecule has 0 radical (unpaired) electrons. The zero-order chi connectivity index (χ0) is 16.3. The lowest BCUT2D eigenvalue weighted by Gasteiger charge is -2.31. The van der Waals surface area contributed by atoms with Gasteiger partial charge in [-0.1, -0.05) is 39.0 Å². The molecule has 0 amide bonds. The number of aliphatic hydroxyl groups excluding tert-OH is 1. The van der Waals surface area contributed by atoms with Crippen LogP contribution in [0.4, 0.5) is 0 Å². The first-order chi connectivity index (χ1) is 9.56. The second kappa shape index (κ2) is 6.91. The second-order valence-electron chi connectivity index (χ2n) is 7.35. The fraction of sp³-hybridized carbons (Fsp3) is 0.667. The van der Waals surface area contributed by atoms with E-state index in [1.807, 2.05) is 39.8 Å². The average molecular weight is 294 g/mol. The van der Waals surface area contributed by atoms with Gasteiger partial charge in [0.2, 0.25) is 0 Å². The lowest BCUT2D eigenvalue weighted by molar-refractivity contribution is -0.170. The Kier molecular flexibility index (Phi) is 5.97. The van der Waals surface area contributed by atoms with Gasteiger partial charge in [-0.05, 0) is 44.2 Å². The van der Waals surface area contributed by atoms with Crippen molar-refractivity contribution >= 4 is 0 Å². The molecule has 0 aliphatic carbocycles. The summed E-state index contributed by atoms with van der Waals surface area (Å²) in [4.78, 5) is 0. The van der Waals surface area contributed by atoms with Crippen molar-refractivity contribution in [2.45, 2.75) is 72.4 Å². The molecule has 1 aromatic carbocycles. The SMILES string of the molecule is CCOCc1cccc(C(C)(C)C)c1C(O)OC(C)(C)C. The average Bonchev–Trinajstić information content (AvgIpc) is 2.32. The van der Waals surface area contributed by atoms with Crippen LogP contribution in [0, 0.1) is 0 Å². The van der Waals surface area contributed by atoms with Crippen LogP contribution in [0.15, 0.2) is 18.2 Å². The molecular formula is C18H30O3. The molecule has 0 fully saturated rings. The summed E-state index contributed by atoms with van der Waals surface area (Å²) >= 11 is 0. The van der Waals surface area contributed by atoms with Crippen molar-refractivity contribution in [2.24, 2.45) is 0 Å². The highest BCUT2D eigenvalue weighted by molar-refractivity contribution is 5.40. The van der Waals surface area contributed by atoms with Gasteiger partial charge in [0.1, 0.15) is 0 Å². The van der Waals surface area contributed by atoms with Crippen molar-refractivity contribution in [2.75, 3.05) is 6.61 Å². The summed E-state index contributed by atoms with van der Waals surface area (Å²) in [7, 11) is 0. The molecule has 0 aromatic heterocycles. The van der Waals surface area contributed by atoms with Crippen LogP contribution in [0.5, 0.6) is 0 Å². The summed E-state index contributed by atoms with van der Waals surface area (Å²) in [6.45, 7) is 15.3. The molecule has 1 rings (SSSR count). The van der Waals surface area contributed by atoms with Crippen molar-refractivity contribution < 1.29 is 14.6 Å². The minimum absolute atomic E-state index is 0.0697. The molecule has 0 saturated carbocycles. The van der Waals surface area contributed by atoms with Crippen LogP contribution in [0.2, 0.25) is 0 Å². The fourth-order valence-electron chi connectivity index (χ4n) is 2.29. The Labute approximate surface area is 129 Å². The van der Waals surface area contributed by atoms with E-state index >= 15 is 0 Å². The van der Waals surface area contributed by atoms with Crippen LogP contribution in [-0.2, 0) is 21.5 Å². The molecule has 0 aliphatic heterocycles. The van der Waals surface area contributed by atoms with Gasteiger partial charge in [0, 0.05) is 12.2 Å². The standard InChI is InChI=1S/C18H30O3/c1-8-20-12-13-10-9-11-14(17(2,3)4)15(13)16(19)21-18(5,6)7/h9-11,16,19H,8,12H2,1-7H3. The van der Waals surface area contributed by atoms with Crippen molar-refractivity contribution in [3.05, 3.63) is 34.9 Å². The van der Waals surface area contributed by atoms with E-state index in [-0.39, 0.29) is 5.41 Å². The van der Waals surface area contributed by atoms with E-state index in [4.69, 9.17) is 9.47 Å². The van der Waals surface area contributed by atoms with Crippen LogP contribution in [0.1, 0.15) is 71.4 Å². The molecule has 3 nitrogen and oxygen atoms in total. The third-order valence-electron chi connectivity index (χ3n) is 3.18. The van der Waals surface area contributed by atoms with Gasteiger partial charge in [0.15, 0.2) is 6.29 Å². The van der Waals surface area contributed by atoms with Gasteiger partial charge < -0.3 is 14.6 Å². The zero-order valence-corrected chi connectivity index (χ0v) is 14.5. The third kappa shape index (κ3) is 5.42. The molecule has 0 bridgehead atoms. The zero-order valence-electron chi connectivity index (χ0n) is 14.5. The Morgan fingerprint density at radius 1 is 1.10 bits per heavy atom. The molecule has 1 atom stereocenters. The molecule has 0 heterocycles. The summed E-state index contributed by atoms with van der Waals surface area (Å²) in [6, 6.07) is 6.07. The molecule has 1 N–H and O–H groups in total. The quantitative estimate of drug-likeness (QED) is 0.822. The topological polar surface area (TPSA) is 38.7 Å². The number of hydrogen-bond acceptors (Lipinski definition) is 3. The van der Waals surface area contributed by atoms with E-state index in [0.717, 1.165) is 16.7 Å². The normalized spacial score (nSPS) is 14.3. The minimum Gasteiger partial charge on any atom is -0.377 e. The Morgan fingerprint density at radius 3 is 2.19 bits per heavy atom. The number of benzene rings is 1. The van der Waals surface area contributed by atoms with E-state index in [1.165, 1.54) is 0 Å². The molecule has 0 aliphatic rings. The molecule has 0 spiro atoms. The van der Waals surface area contributed by atoms with Crippen LogP contribution in [0.3, 0.4) is 0 Å². The van der Waals surface area contributed by atoms with Crippen molar-refractivity contribution in [1.82, 2.24) is 0 Å². The van der Waals surface area contributed by atoms with Crippen molar-refractivity contribution in [3.63, 3.8) is 0 Å². The first kappa shape index (κ1) is 18.1. The van der Waals surface area contributed by atoms with Crippen molar-refractivity contribution in [1.29, 1.82) is 0 Å². The maximum Gasteiger partial charge on any atom is 0.182 e. The van der Waals surface area contributed by atoms with Gasteiger partial charge in [-0.3, -0.25) is 0 Å². The molecule has 21 heavy (non-hydrogen) atoms. The van der Waals surface area contributed by atoms with Gasteiger partial charge in [0.25, 0.3) is 0 Å². The Morgan fingerprint density at radius 2 is 1.71 bits per heavy atom. The van der Waals surface area contributed by atoms with Gasteiger partial charge in [0.05, 0.1) is 12.2 Å². The summed E-state index contributed by atoms with van der Waals surface area (Å²) in [5.41, 5.74) is 2.44. The lowest BCUT2D eigenvalue weighted by Crippen LogP contribution is -2.26. The predicted octanol–water partition coefficient (Wildman–Crippen LogP) is 4.33. The van der Waals surface area contributed by atoms with E-state index < -0.39 is 11.9 Å². The highest BCUT2D eigenvalue weighted by Gasteiger charge is 2.27. The number of aliphatic hydroxyl groups is 1. The third-order valence-corrected chi connectivity index (χ3v) is 3.18. The smallest absolute Gasteiger partial charge is 0.182 e. The molecule has 3 heteroatoms. The second-order valence-corrected chi connectivity index (χ2v) is 7.35. The highest BCUT2D eigenvalue weighted by atomic mass is 16.6. The van der Waals surface area contributed by atoms with Crippen LogP contribution in [0.25, 0.3) is 0 Å². The Balaban J connectivity index is 3.28. The number of rotatable bonds is 5. The van der Waals surface area contributed by atoms with Gasteiger partial charge in [-0.2, -0.15) is 0 Å². The Bertz CT molecular complexity index is 453. The first-order valence-electron chi connectivity index (χ1n) is 7.62. The Hall–Kier alpha value is -0.900.